The van der Waals surface area contributed by atoms with Crippen LogP contribution in [0.15, 0.2) is 42.5 Å². The Bertz CT molecular complexity index is 571. The van der Waals surface area contributed by atoms with Gasteiger partial charge in [-0.15, -0.1) is 0 Å². The zero-order valence-corrected chi connectivity index (χ0v) is 14.7. The van der Waals surface area contributed by atoms with Crippen molar-refractivity contribution in [1.29, 1.82) is 0 Å². The standard InChI is InChI=1S/C19H26O5/c1-18(2,3)17(21)19(22,14-16(20)23-4)12-8-9-13-24-15-10-6-5-7-11-15/h5-11,22H,12-14H2,1-4H3/b9-8+. The molecular formula is C19H26O5. The molecule has 1 unspecified atom stereocenters. The van der Waals surface area contributed by atoms with E-state index in [1.165, 1.54) is 7.11 Å². The van der Waals surface area contributed by atoms with Crippen LogP contribution >= 0.6 is 0 Å². The molecule has 0 amide bonds. The molecular weight excluding hydrogens is 308 g/mol. The number of esters is 1. The summed E-state index contributed by atoms with van der Waals surface area (Å²) in [6, 6.07) is 9.31. The largest absolute Gasteiger partial charge is 0.490 e. The number of benzene rings is 1. The lowest BCUT2D eigenvalue weighted by atomic mass is 9.77. The van der Waals surface area contributed by atoms with Gasteiger partial charge in [-0.2, -0.15) is 0 Å². The summed E-state index contributed by atoms with van der Waals surface area (Å²) in [5.74, 6) is -0.282. The molecule has 1 atom stereocenters. The molecule has 0 fully saturated rings. The molecule has 0 saturated heterocycles. The predicted molar refractivity (Wildman–Crippen MR) is 91.7 cm³/mol. The van der Waals surface area contributed by atoms with Gasteiger partial charge in [-0.3, -0.25) is 9.59 Å². The first-order valence-electron chi connectivity index (χ1n) is 7.86. The van der Waals surface area contributed by atoms with Crippen molar-refractivity contribution in [3.05, 3.63) is 42.5 Å². The summed E-state index contributed by atoms with van der Waals surface area (Å²) >= 11 is 0. The maximum atomic E-state index is 12.5. The molecule has 132 valence electrons. The van der Waals surface area contributed by atoms with Gasteiger partial charge in [0.25, 0.3) is 0 Å². The second-order valence-electron chi connectivity index (χ2n) is 6.66. The van der Waals surface area contributed by atoms with Gasteiger partial charge in [-0.25, -0.2) is 0 Å². The van der Waals surface area contributed by atoms with Gasteiger partial charge < -0.3 is 14.6 Å². The number of aliphatic hydroxyl groups is 1. The number of rotatable bonds is 8. The molecule has 0 aliphatic rings. The number of para-hydroxylation sites is 1. The van der Waals surface area contributed by atoms with Crippen molar-refractivity contribution in [3.8, 4) is 5.75 Å². The van der Waals surface area contributed by atoms with Crippen LogP contribution in [0.2, 0.25) is 0 Å². The Morgan fingerprint density at radius 2 is 1.75 bits per heavy atom. The van der Waals surface area contributed by atoms with E-state index in [9.17, 15) is 14.7 Å². The van der Waals surface area contributed by atoms with Crippen LogP contribution < -0.4 is 4.74 Å². The monoisotopic (exact) mass is 334 g/mol. The molecule has 0 bridgehead atoms. The molecule has 5 heteroatoms. The first-order valence-corrected chi connectivity index (χ1v) is 7.86. The molecule has 0 aliphatic heterocycles. The molecule has 1 aromatic carbocycles. The van der Waals surface area contributed by atoms with E-state index >= 15 is 0 Å². The van der Waals surface area contributed by atoms with Gasteiger partial charge in [0.15, 0.2) is 5.78 Å². The average molecular weight is 334 g/mol. The van der Waals surface area contributed by atoms with E-state index in [0.29, 0.717) is 6.61 Å². The SMILES string of the molecule is COC(=O)CC(O)(C/C=C/COc1ccccc1)C(=O)C(C)(C)C. The third-order valence-electron chi connectivity index (χ3n) is 3.48. The fourth-order valence-corrected chi connectivity index (χ4v) is 2.26. The van der Waals surface area contributed by atoms with E-state index in [0.717, 1.165) is 5.75 Å². The van der Waals surface area contributed by atoms with E-state index in [1.54, 1.807) is 32.9 Å². The smallest absolute Gasteiger partial charge is 0.308 e. The van der Waals surface area contributed by atoms with Crippen molar-refractivity contribution in [2.45, 2.75) is 39.2 Å². The number of carbonyl (C=O) groups excluding carboxylic acids is 2. The number of hydrogen-bond donors (Lipinski definition) is 1. The van der Waals surface area contributed by atoms with Crippen molar-refractivity contribution < 1.29 is 24.2 Å². The van der Waals surface area contributed by atoms with Gasteiger partial charge in [0, 0.05) is 11.8 Å². The van der Waals surface area contributed by atoms with Crippen LogP contribution in [-0.2, 0) is 14.3 Å². The van der Waals surface area contributed by atoms with Crippen LogP contribution in [0.25, 0.3) is 0 Å². The molecule has 0 heterocycles. The van der Waals surface area contributed by atoms with Crippen LogP contribution in [0.4, 0.5) is 0 Å². The molecule has 1 aromatic rings. The number of ether oxygens (including phenoxy) is 2. The Balaban J connectivity index is 2.69. The fraction of sp³-hybridized carbons (Fsp3) is 0.474. The first kappa shape index (κ1) is 19.9. The quantitative estimate of drug-likeness (QED) is 0.584. The summed E-state index contributed by atoms with van der Waals surface area (Å²) in [6.45, 7) is 5.43. The first-order chi connectivity index (χ1) is 11.2. The lowest BCUT2D eigenvalue weighted by molar-refractivity contribution is -0.157. The average Bonchev–Trinajstić information content (AvgIpc) is 2.53. The van der Waals surface area contributed by atoms with E-state index in [4.69, 9.17) is 4.74 Å². The van der Waals surface area contributed by atoms with Crippen LogP contribution in [-0.4, -0.2) is 36.2 Å². The van der Waals surface area contributed by atoms with Crippen LogP contribution in [0.3, 0.4) is 0 Å². The highest BCUT2D eigenvalue weighted by atomic mass is 16.5. The summed E-state index contributed by atoms with van der Waals surface area (Å²) in [5.41, 5.74) is -2.55. The molecule has 1 rings (SSSR count). The molecule has 0 radical (unpaired) electrons. The molecule has 24 heavy (non-hydrogen) atoms. The second kappa shape index (κ2) is 8.64. The van der Waals surface area contributed by atoms with Gasteiger partial charge in [-0.1, -0.05) is 51.1 Å². The third-order valence-corrected chi connectivity index (χ3v) is 3.48. The number of carbonyl (C=O) groups is 2. The minimum Gasteiger partial charge on any atom is -0.490 e. The van der Waals surface area contributed by atoms with Crippen LogP contribution in [0.5, 0.6) is 5.75 Å². The lowest BCUT2D eigenvalue weighted by Crippen LogP contribution is -2.46. The Hall–Kier alpha value is -2.14. The van der Waals surface area contributed by atoms with E-state index in [-0.39, 0.29) is 12.8 Å². The minimum absolute atomic E-state index is 0.0242. The summed E-state index contributed by atoms with van der Waals surface area (Å²) in [5, 5.41) is 10.7. The summed E-state index contributed by atoms with van der Waals surface area (Å²) in [6.07, 6.45) is 3.01. The second-order valence-corrected chi connectivity index (χ2v) is 6.66. The molecule has 1 N–H and O–H groups in total. The van der Waals surface area contributed by atoms with Crippen LogP contribution in [0.1, 0.15) is 33.6 Å². The van der Waals surface area contributed by atoms with Gasteiger partial charge in [0.1, 0.15) is 18.0 Å². The number of ketones is 1. The lowest BCUT2D eigenvalue weighted by Gasteiger charge is -2.31. The molecule has 0 saturated carbocycles. The van der Waals surface area contributed by atoms with Crippen molar-refractivity contribution in [2.24, 2.45) is 5.41 Å². The summed E-state index contributed by atoms with van der Waals surface area (Å²) in [7, 11) is 1.23. The van der Waals surface area contributed by atoms with Gasteiger partial charge >= 0.3 is 5.97 Å². The minimum atomic E-state index is -1.78. The Kier molecular flexibility index (Phi) is 7.17. The van der Waals surface area contributed by atoms with E-state index in [2.05, 4.69) is 4.74 Å². The highest BCUT2D eigenvalue weighted by Gasteiger charge is 2.43. The molecule has 0 aliphatic carbocycles. The van der Waals surface area contributed by atoms with Crippen molar-refractivity contribution in [3.63, 3.8) is 0 Å². The van der Waals surface area contributed by atoms with Crippen molar-refractivity contribution >= 4 is 11.8 Å². The van der Waals surface area contributed by atoms with Crippen molar-refractivity contribution in [2.75, 3.05) is 13.7 Å². The number of hydrogen-bond acceptors (Lipinski definition) is 5. The van der Waals surface area contributed by atoms with Crippen molar-refractivity contribution in [1.82, 2.24) is 0 Å². The third kappa shape index (κ3) is 6.16. The van der Waals surface area contributed by atoms with E-state index in [1.807, 2.05) is 30.3 Å². The predicted octanol–water partition coefficient (Wildman–Crippen LogP) is 2.92. The zero-order chi connectivity index (χ0) is 18.2. The molecule has 0 spiro atoms. The Morgan fingerprint density at radius 3 is 2.29 bits per heavy atom. The maximum absolute atomic E-state index is 12.5. The molecule has 0 aromatic heterocycles. The topological polar surface area (TPSA) is 72.8 Å². The van der Waals surface area contributed by atoms with E-state index < -0.39 is 22.8 Å². The number of Topliss-reactive ketones (excluding diaryl/α,β-unsaturated/α-hetero) is 1. The van der Waals surface area contributed by atoms with Gasteiger partial charge in [0.05, 0.1) is 13.5 Å². The van der Waals surface area contributed by atoms with Gasteiger partial charge in [-0.05, 0) is 12.1 Å². The maximum Gasteiger partial charge on any atom is 0.308 e. The number of methoxy groups -OCH3 is 1. The highest BCUT2D eigenvalue weighted by Crippen LogP contribution is 2.29. The normalized spacial score (nSPS) is 14.2. The highest BCUT2D eigenvalue weighted by molar-refractivity contribution is 5.94. The Labute approximate surface area is 143 Å². The van der Waals surface area contributed by atoms with Gasteiger partial charge in [0.2, 0.25) is 0 Å². The van der Waals surface area contributed by atoms with Crippen LogP contribution in [0, 0.1) is 5.41 Å². The zero-order valence-electron chi connectivity index (χ0n) is 14.7. The molecule has 5 nitrogen and oxygen atoms in total. The summed E-state index contributed by atoms with van der Waals surface area (Å²) < 4.78 is 10.1. The fourth-order valence-electron chi connectivity index (χ4n) is 2.26. The Morgan fingerprint density at radius 1 is 1.12 bits per heavy atom. The summed E-state index contributed by atoms with van der Waals surface area (Å²) in [4.78, 5) is 24.0.